The molecule has 0 aromatic heterocycles. The van der Waals surface area contributed by atoms with Gasteiger partial charge in [-0.15, -0.1) is 0 Å². The predicted octanol–water partition coefficient (Wildman–Crippen LogP) is 3.15. The molecule has 0 aliphatic rings. The molecule has 1 aromatic rings. The molecular formula is C14H22FNO. The number of aryl methyl sites for hydroxylation is 1. The Balaban J connectivity index is 2.56. The first-order chi connectivity index (χ1) is 8.08. The summed E-state index contributed by atoms with van der Waals surface area (Å²) < 4.78 is 18.9. The van der Waals surface area contributed by atoms with Gasteiger partial charge in [0.05, 0.1) is 0 Å². The molecule has 0 bridgehead atoms. The second-order valence-corrected chi connectivity index (χ2v) is 4.50. The van der Waals surface area contributed by atoms with Crippen molar-refractivity contribution in [2.75, 3.05) is 13.7 Å². The fourth-order valence-electron chi connectivity index (χ4n) is 1.67. The maximum absolute atomic E-state index is 13.3. The Hall–Kier alpha value is -1.09. The van der Waals surface area contributed by atoms with Gasteiger partial charge in [0.15, 0.2) is 0 Å². The summed E-state index contributed by atoms with van der Waals surface area (Å²) in [5.41, 5.74) is 0.643. The third-order valence-corrected chi connectivity index (χ3v) is 3.27. The van der Waals surface area contributed by atoms with Gasteiger partial charge >= 0.3 is 0 Å². The summed E-state index contributed by atoms with van der Waals surface area (Å²) in [7, 11) is 1.93. The molecule has 17 heavy (non-hydrogen) atoms. The number of likely N-dealkylation sites (N-methyl/N-ethyl adjacent to an activating group) is 1. The van der Waals surface area contributed by atoms with E-state index in [-0.39, 0.29) is 5.82 Å². The zero-order valence-corrected chi connectivity index (χ0v) is 11.1. The Kier molecular flexibility index (Phi) is 5.42. The fourth-order valence-corrected chi connectivity index (χ4v) is 1.67. The first-order valence-corrected chi connectivity index (χ1v) is 6.14. The molecule has 0 aliphatic carbocycles. The summed E-state index contributed by atoms with van der Waals surface area (Å²) >= 11 is 0. The molecule has 1 aromatic carbocycles. The quantitative estimate of drug-likeness (QED) is 0.823. The van der Waals surface area contributed by atoms with Gasteiger partial charge in [-0.05, 0) is 31.5 Å². The van der Waals surface area contributed by atoms with Crippen LogP contribution >= 0.6 is 0 Å². The van der Waals surface area contributed by atoms with Crippen LogP contribution in [-0.2, 0) is 0 Å². The minimum Gasteiger partial charge on any atom is -0.492 e. The van der Waals surface area contributed by atoms with Gasteiger partial charge in [0, 0.05) is 12.1 Å². The van der Waals surface area contributed by atoms with E-state index in [1.165, 1.54) is 6.07 Å². The lowest BCUT2D eigenvalue weighted by molar-refractivity contribution is 0.227. The first-order valence-electron chi connectivity index (χ1n) is 6.14. The molecule has 1 N–H and O–H groups in total. The third kappa shape index (κ3) is 4.00. The summed E-state index contributed by atoms with van der Waals surface area (Å²) in [5, 5.41) is 3.23. The van der Waals surface area contributed by atoms with Crippen LogP contribution in [0.4, 0.5) is 4.39 Å². The Bertz CT molecular complexity index is 354. The fraction of sp³-hybridized carbons (Fsp3) is 0.571. The Morgan fingerprint density at radius 1 is 1.41 bits per heavy atom. The van der Waals surface area contributed by atoms with Crippen LogP contribution in [0.3, 0.4) is 0 Å². The number of hydrogen-bond acceptors (Lipinski definition) is 2. The molecule has 0 saturated heterocycles. The molecular weight excluding hydrogens is 217 g/mol. The number of benzene rings is 1. The van der Waals surface area contributed by atoms with E-state index >= 15 is 0 Å². The highest BCUT2D eigenvalue weighted by Gasteiger charge is 2.14. The Labute approximate surface area is 103 Å². The molecule has 2 unspecified atom stereocenters. The van der Waals surface area contributed by atoms with E-state index in [9.17, 15) is 4.39 Å². The van der Waals surface area contributed by atoms with Gasteiger partial charge < -0.3 is 10.1 Å². The molecule has 3 heteroatoms. The summed E-state index contributed by atoms with van der Waals surface area (Å²) in [4.78, 5) is 0. The highest BCUT2D eigenvalue weighted by Crippen LogP contribution is 2.17. The average Bonchev–Trinajstić information content (AvgIpc) is 2.33. The van der Waals surface area contributed by atoms with Crippen LogP contribution in [0, 0.1) is 18.7 Å². The molecule has 0 saturated carbocycles. The summed E-state index contributed by atoms with van der Waals surface area (Å²) in [6.07, 6.45) is 1.09. The molecule has 0 heterocycles. The molecule has 2 nitrogen and oxygen atoms in total. The van der Waals surface area contributed by atoms with Crippen LogP contribution in [0.25, 0.3) is 0 Å². The van der Waals surface area contributed by atoms with Crippen LogP contribution < -0.4 is 10.1 Å². The van der Waals surface area contributed by atoms with Crippen molar-refractivity contribution in [3.63, 3.8) is 0 Å². The predicted molar refractivity (Wildman–Crippen MR) is 68.9 cm³/mol. The van der Waals surface area contributed by atoms with Crippen molar-refractivity contribution >= 4 is 0 Å². The maximum Gasteiger partial charge on any atom is 0.129 e. The standard InChI is InChI=1S/C14H22FNO/c1-5-10(2)14(16-4)9-17-12-7-6-11(3)13(15)8-12/h6-8,10,14,16H,5,9H2,1-4H3. The number of ether oxygens (including phenoxy) is 1. The van der Waals surface area contributed by atoms with E-state index in [0.29, 0.717) is 29.9 Å². The van der Waals surface area contributed by atoms with Gasteiger partial charge in [-0.1, -0.05) is 26.3 Å². The van der Waals surface area contributed by atoms with E-state index in [2.05, 4.69) is 19.2 Å². The van der Waals surface area contributed by atoms with E-state index in [0.717, 1.165) is 6.42 Å². The normalized spacial score (nSPS) is 14.4. The third-order valence-electron chi connectivity index (χ3n) is 3.27. The van der Waals surface area contributed by atoms with Gasteiger partial charge in [-0.25, -0.2) is 4.39 Å². The molecule has 0 radical (unpaired) electrons. The molecule has 96 valence electrons. The molecule has 0 amide bonds. The number of halogens is 1. The largest absolute Gasteiger partial charge is 0.492 e. The van der Waals surface area contributed by atoms with E-state index in [4.69, 9.17) is 4.74 Å². The van der Waals surface area contributed by atoms with Crippen molar-refractivity contribution in [1.82, 2.24) is 5.32 Å². The molecule has 0 aliphatic heterocycles. The lowest BCUT2D eigenvalue weighted by Crippen LogP contribution is -2.37. The maximum atomic E-state index is 13.3. The SMILES string of the molecule is CCC(C)C(COc1ccc(C)c(F)c1)NC. The van der Waals surface area contributed by atoms with Crippen molar-refractivity contribution in [3.8, 4) is 5.75 Å². The molecule has 0 fully saturated rings. The number of nitrogens with one attached hydrogen (secondary N) is 1. The van der Waals surface area contributed by atoms with Crippen molar-refractivity contribution in [3.05, 3.63) is 29.6 Å². The van der Waals surface area contributed by atoms with E-state index in [1.54, 1.807) is 13.0 Å². The minimum atomic E-state index is -0.216. The Morgan fingerprint density at radius 2 is 2.12 bits per heavy atom. The lowest BCUT2D eigenvalue weighted by atomic mass is 10.0. The number of hydrogen-bond donors (Lipinski definition) is 1. The van der Waals surface area contributed by atoms with Crippen molar-refractivity contribution < 1.29 is 9.13 Å². The topological polar surface area (TPSA) is 21.3 Å². The smallest absolute Gasteiger partial charge is 0.129 e. The van der Waals surface area contributed by atoms with E-state index in [1.807, 2.05) is 13.1 Å². The highest BCUT2D eigenvalue weighted by atomic mass is 19.1. The summed E-state index contributed by atoms with van der Waals surface area (Å²) in [6.45, 7) is 6.64. The highest BCUT2D eigenvalue weighted by molar-refractivity contribution is 5.28. The van der Waals surface area contributed by atoms with E-state index < -0.39 is 0 Å². The molecule has 2 atom stereocenters. The average molecular weight is 239 g/mol. The van der Waals surface area contributed by atoms with Crippen LogP contribution in [0.5, 0.6) is 5.75 Å². The number of rotatable bonds is 6. The zero-order valence-electron chi connectivity index (χ0n) is 11.1. The van der Waals surface area contributed by atoms with Gasteiger partial charge in [0.1, 0.15) is 18.2 Å². The second kappa shape index (κ2) is 6.60. The molecule has 0 spiro atoms. The minimum absolute atomic E-state index is 0.216. The van der Waals surface area contributed by atoms with Crippen molar-refractivity contribution in [2.45, 2.75) is 33.2 Å². The monoisotopic (exact) mass is 239 g/mol. The van der Waals surface area contributed by atoms with Crippen LogP contribution in [-0.4, -0.2) is 19.7 Å². The van der Waals surface area contributed by atoms with Crippen molar-refractivity contribution in [1.29, 1.82) is 0 Å². The van der Waals surface area contributed by atoms with Gasteiger partial charge in [0.25, 0.3) is 0 Å². The first kappa shape index (κ1) is 14.0. The van der Waals surface area contributed by atoms with Crippen LogP contribution in [0.15, 0.2) is 18.2 Å². The van der Waals surface area contributed by atoms with Gasteiger partial charge in [-0.3, -0.25) is 0 Å². The Morgan fingerprint density at radius 3 is 2.65 bits per heavy atom. The lowest BCUT2D eigenvalue weighted by Gasteiger charge is -2.22. The van der Waals surface area contributed by atoms with Gasteiger partial charge in [0.2, 0.25) is 0 Å². The van der Waals surface area contributed by atoms with Crippen LogP contribution in [0.1, 0.15) is 25.8 Å². The summed E-state index contributed by atoms with van der Waals surface area (Å²) in [6, 6.07) is 5.28. The van der Waals surface area contributed by atoms with Crippen molar-refractivity contribution in [2.24, 2.45) is 5.92 Å². The summed E-state index contributed by atoms with van der Waals surface area (Å²) in [5.74, 6) is 0.916. The molecule has 1 rings (SSSR count). The van der Waals surface area contributed by atoms with Gasteiger partial charge in [-0.2, -0.15) is 0 Å². The zero-order chi connectivity index (χ0) is 12.8. The van der Waals surface area contributed by atoms with Crippen LogP contribution in [0.2, 0.25) is 0 Å². The second-order valence-electron chi connectivity index (χ2n) is 4.50.